The summed E-state index contributed by atoms with van der Waals surface area (Å²) >= 11 is 0. The lowest BCUT2D eigenvalue weighted by Gasteiger charge is -2.37. The monoisotopic (exact) mass is 393 g/mol. The molecule has 152 valence electrons. The Morgan fingerprint density at radius 2 is 1.67 bits per heavy atom. The van der Waals surface area contributed by atoms with Gasteiger partial charge in [-0.1, -0.05) is 25.1 Å². The fourth-order valence-electron chi connectivity index (χ4n) is 4.80. The van der Waals surface area contributed by atoms with Crippen molar-refractivity contribution < 1.29 is 0 Å². The summed E-state index contributed by atoms with van der Waals surface area (Å²) in [4.78, 5) is 10.5. The number of nitrogens with zero attached hydrogens (tertiary/aromatic N) is 4. The van der Waals surface area contributed by atoms with Crippen LogP contribution in [-0.2, 0) is 6.54 Å². The van der Waals surface area contributed by atoms with Gasteiger partial charge in [0, 0.05) is 83.7 Å². The number of halogens is 1. The molecule has 1 atom stereocenters. The zero-order valence-electron chi connectivity index (χ0n) is 16.8. The average Bonchev–Trinajstić information content (AvgIpc) is 3.18. The molecular formula is C21H36ClN5. The van der Waals surface area contributed by atoms with Gasteiger partial charge in [0.1, 0.15) is 0 Å². The molecule has 0 spiro atoms. The van der Waals surface area contributed by atoms with E-state index in [1.54, 1.807) is 0 Å². The number of para-hydroxylation sites is 1. The standard InChI is InChI=1S/C21H35N5.ClH/c1-2-23-13-15-26(16-14-23)21-6-4-3-5-19(21)17-24-10-7-20(18-24)25-11-8-22-9-12-25;/h3-6,20,22H,2,7-18H2,1H3;1H. The minimum atomic E-state index is 0. The van der Waals surface area contributed by atoms with Gasteiger partial charge < -0.3 is 15.1 Å². The molecule has 0 aliphatic carbocycles. The van der Waals surface area contributed by atoms with Crippen molar-refractivity contribution >= 4 is 18.1 Å². The molecule has 27 heavy (non-hydrogen) atoms. The summed E-state index contributed by atoms with van der Waals surface area (Å²) in [5, 5.41) is 3.48. The van der Waals surface area contributed by atoms with Crippen LogP contribution < -0.4 is 10.2 Å². The lowest BCUT2D eigenvalue weighted by atomic mass is 10.1. The lowest BCUT2D eigenvalue weighted by molar-refractivity contribution is 0.170. The van der Waals surface area contributed by atoms with Crippen LogP contribution in [0.25, 0.3) is 0 Å². The van der Waals surface area contributed by atoms with E-state index >= 15 is 0 Å². The normalized spacial score (nSPS) is 25.5. The molecule has 0 bridgehead atoms. The Labute approximate surface area is 171 Å². The SMILES string of the molecule is CCN1CCN(c2ccccc2CN2CCC(N3CCNCC3)C2)CC1.Cl. The van der Waals surface area contributed by atoms with Gasteiger partial charge in [-0.15, -0.1) is 12.4 Å². The molecule has 1 aromatic carbocycles. The molecule has 0 amide bonds. The Morgan fingerprint density at radius 1 is 0.926 bits per heavy atom. The van der Waals surface area contributed by atoms with Crippen LogP contribution >= 0.6 is 12.4 Å². The van der Waals surface area contributed by atoms with Gasteiger partial charge in [-0.05, 0) is 24.6 Å². The fraction of sp³-hybridized carbons (Fsp3) is 0.714. The molecule has 3 aliphatic heterocycles. The highest BCUT2D eigenvalue weighted by atomic mass is 35.5. The van der Waals surface area contributed by atoms with E-state index in [2.05, 4.69) is 56.1 Å². The number of hydrogen-bond acceptors (Lipinski definition) is 5. The second-order valence-corrected chi connectivity index (χ2v) is 8.01. The summed E-state index contributed by atoms with van der Waals surface area (Å²) in [6, 6.07) is 9.86. The van der Waals surface area contributed by atoms with E-state index in [0.29, 0.717) is 0 Å². The van der Waals surface area contributed by atoms with Gasteiger partial charge in [0.25, 0.3) is 0 Å². The molecule has 3 heterocycles. The smallest absolute Gasteiger partial charge is 0.0412 e. The van der Waals surface area contributed by atoms with E-state index in [4.69, 9.17) is 0 Å². The van der Waals surface area contributed by atoms with Crippen molar-refractivity contribution in [3.8, 4) is 0 Å². The maximum atomic E-state index is 3.48. The highest BCUT2D eigenvalue weighted by Crippen LogP contribution is 2.26. The maximum absolute atomic E-state index is 3.48. The van der Waals surface area contributed by atoms with Gasteiger partial charge >= 0.3 is 0 Å². The zero-order chi connectivity index (χ0) is 17.8. The Bertz CT molecular complexity index is 569. The van der Waals surface area contributed by atoms with E-state index in [0.717, 1.165) is 38.8 Å². The molecule has 3 fully saturated rings. The molecular weight excluding hydrogens is 358 g/mol. The summed E-state index contributed by atoms with van der Waals surface area (Å²) < 4.78 is 0. The summed E-state index contributed by atoms with van der Waals surface area (Å²) in [5.41, 5.74) is 2.98. The molecule has 0 saturated carbocycles. The first-order chi connectivity index (χ1) is 12.8. The fourth-order valence-corrected chi connectivity index (χ4v) is 4.80. The summed E-state index contributed by atoms with van der Waals surface area (Å²) in [5.74, 6) is 0. The first-order valence-electron chi connectivity index (χ1n) is 10.6. The third-order valence-electron chi connectivity index (χ3n) is 6.46. The van der Waals surface area contributed by atoms with Crippen molar-refractivity contribution in [3.63, 3.8) is 0 Å². The largest absolute Gasteiger partial charge is 0.369 e. The van der Waals surface area contributed by atoms with Crippen LogP contribution in [0, 0.1) is 0 Å². The van der Waals surface area contributed by atoms with Gasteiger partial charge in [-0.3, -0.25) is 9.80 Å². The predicted octanol–water partition coefficient (Wildman–Crippen LogP) is 1.73. The zero-order valence-corrected chi connectivity index (χ0v) is 17.6. The van der Waals surface area contributed by atoms with Crippen LogP contribution in [0.3, 0.4) is 0 Å². The molecule has 5 nitrogen and oxygen atoms in total. The van der Waals surface area contributed by atoms with Crippen molar-refractivity contribution in [2.75, 3.05) is 76.9 Å². The third-order valence-corrected chi connectivity index (χ3v) is 6.46. The van der Waals surface area contributed by atoms with Crippen LogP contribution in [0.1, 0.15) is 18.9 Å². The molecule has 1 unspecified atom stereocenters. The van der Waals surface area contributed by atoms with Gasteiger partial charge in [0.05, 0.1) is 0 Å². The van der Waals surface area contributed by atoms with Crippen molar-refractivity contribution in [2.24, 2.45) is 0 Å². The van der Waals surface area contributed by atoms with Gasteiger partial charge in [0.2, 0.25) is 0 Å². The van der Waals surface area contributed by atoms with Crippen molar-refractivity contribution in [2.45, 2.75) is 25.9 Å². The number of likely N-dealkylation sites (tertiary alicyclic amines) is 1. The van der Waals surface area contributed by atoms with Crippen LogP contribution in [0.5, 0.6) is 0 Å². The number of hydrogen-bond donors (Lipinski definition) is 1. The van der Waals surface area contributed by atoms with Crippen LogP contribution in [0.2, 0.25) is 0 Å². The first-order valence-corrected chi connectivity index (χ1v) is 10.6. The highest BCUT2D eigenvalue weighted by molar-refractivity contribution is 5.85. The first kappa shape index (κ1) is 20.9. The molecule has 6 heteroatoms. The molecule has 0 aromatic heterocycles. The Kier molecular flexibility index (Phi) is 7.79. The molecule has 1 N–H and O–H groups in total. The minimum Gasteiger partial charge on any atom is -0.369 e. The van der Waals surface area contributed by atoms with E-state index in [1.165, 1.54) is 63.5 Å². The second-order valence-electron chi connectivity index (χ2n) is 8.01. The number of benzene rings is 1. The molecule has 3 aliphatic rings. The second kappa shape index (κ2) is 10.1. The summed E-state index contributed by atoms with van der Waals surface area (Å²) in [7, 11) is 0. The lowest BCUT2D eigenvalue weighted by Crippen LogP contribution is -2.49. The van der Waals surface area contributed by atoms with E-state index < -0.39 is 0 Å². The van der Waals surface area contributed by atoms with Crippen molar-refractivity contribution in [1.29, 1.82) is 0 Å². The van der Waals surface area contributed by atoms with Crippen molar-refractivity contribution in [3.05, 3.63) is 29.8 Å². The van der Waals surface area contributed by atoms with E-state index in [-0.39, 0.29) is 12.4 Å². The molecule has 4 rings (SSSR count). The molecule has 1 aromatic rings. The number of nitrogens with one attached hydrogen (secondary N) is 1. The predicted molar refractivity (Wildman–Crippen MR) is 116 cm³/mol. The van der Waals surface area contributed by atoms with Gasteiger partial charge in [-0.25, -0.2) is 0 Å². The maximum Gasteiger partial charge on any atom is 0.0412 e. The quantitative estimate of drug-likeness (QED) is 0.821. The Balaban J connectivity index is 0.00000210. The average molecular weight is 394 g/mol. The van der Waals surface area contributed by atoms with Crippen LogP contribution in [0.4, 0.5) is 5.69 Å². The highest BCUT2D eigenvalue weighted by Gasteiger charge is 2.29. The molecule has 0 radical (unpaired) electrons. The van der Waals surface area contributed by atoms with Crippen LogP contribution in [-0.4, -0.2) is 92.7 Å². The Hall–Kier alpha value is -0.850. The van der Waals surface area contributed by atoms with Crippen molar-refractivity contribution in [1.82, 2.24) is 20.0 Å². The minimum absolute atomic E-state index is 0. The number of rotatable bonds is 5. The number of likely N-dealkylation sites (N-methyl/N-ethyl adjacent to an activating group) is 1. The van der Waals surface area contributed by atoms with Gasteiger partial charge in [0.15, 0.2) is 0 Å². The number of piperazine rings is 2. The van der Waals surface area contributed by atoms with Crippen LogP contribution in [0.15, 0.2) is 24.3 Å². The Morgan fingerprint density at radius 3 is 2.41 bits per heavy atom. The topological polar surface area (TPSA) is 25.0 Å². The van der Waals surface area contributed by atoms with E-state index in [9.17, 15) is 0 Å². The van der Waals surface area contributed by atoms with E-state index in [1.807, 2.05) is 0 Å². The third kappa shape index (κ3) is 5.15. The summed E-state index contributed by atoms with van der Waals surface area (Å²) in [6.45, 7) is 16.5. The summed E-state index contributed by atoms with van der Waals surface area (Å²) in [6.07, 6.45) is 1.33. The molecule has 3 saturated heterocycles. The van der Waals surface area contributed by atoms with Gasteiger partial charge in [-0.2, -0.15) is 0 Å². The number of anilines is 1.